The van der Waals surface area contributed by atoms with E-state index in [9.17, 15) is 9.59 Å². The Morgan fingerprint density at radius 1 is 0.970 bits per heavy atom. The van der Waals surface area contributed by atoms with Crippen molar-refractivity contribution in [1.29, 1.82) is 0 Å². The highest BCUT2D eigenvalue weighted by Gasteiger charge is 2.13. The van der Waals surface area contributed by atoms with Gasteiger partial charge in [0.2, 0.25) is 5.91 Å². The predicted octanol–water partition coefficient (Wildman–Crippen LogP) is 3.67. The largest absolute Gasteiger partial charge is 0.372 e. The van der Waals surface area contributed by atoms with Crippen molar-refractivity contribution >= 4 is 28.3 Å². The maximum absolute atomic E-state index is 12.5. The number of nitrogens with zero attached hydrogens (tertiary/aromatic N) is 4. The normalized spacial score (nSPS) is 13.9. The fourth-order valence-electron chi connectivity index (χ4n) is 4.20. The molecule has 168 valence electrons. The van der Waals surface area contributed by atoms with Gasteiger partial charge in [0, 0.05) is 37.3 Å². The molecule has 1 aliphatic rings. The van der Waals surface area contributed by atoms with Crippen molar-refractivity contribution < 1.29 is 4.79 Å². The van der Waals surface area contributed by atoms with Gasteiger partial charge in [-0.05, 0) is 55.7 Å². The van der Waals surface area contributed by atoms with Gasteiger partial charge in [-0.3, -0.25) is 9.59 Å². The zero-order valence-electron chi connectivity index (χ0n) is 18.3. The minimum Gasteiger partial charge on any atom is -0.372 e. The second-order valence-corrected chi connectivity index (χ2v) is 8.28. The Kier molecular flexibility index (Phi) is 5.89. The minimum atomic E-state index is -0.258. The average Bonchev–Trinajstić information content (AvgIpc) is 3.29. The zero-order chi connectivity index (χ0) is 22.6. The fraction of sp³-hybridized carbons (Fsp3) is 0.280. The van der Waals surface area contributed by atoms with Crippen molar-refractivity contribution in [2.45, 2.75) is 32.1 Å². The molecule has 8 nitrogen and oxygen atoms in total. The third kappa shape index (κ3) is 4.64. The first-order valence-electron chi connectivity index (χ1n) is 11.3. The number of anilines is 2. The summed E-state index contributed by atoms with van der Waals surface area (Å²) in [5.41, 5.74) is 3.00. The average molecular weight is 443 g/mol. The number of fused-ring (bicyclic) bond motifs is 1. The molecule has 0 radical (unpaired) electrons. The van der Waals surface area contributed by atoms with Crippen LogP contribution in [0.4, 0.5) is 11.4 Å². The molecule has 2 N–H and O–H groups in total. The summed E-state index contributed by atoms with van der Waals surface area (Å²) in [7, 11) is 0. The smallest absolute Gasteiger partial charge is 0.262 e. The van der Waals surface area contributed by atoms with Crippen molar-refractivity contribution in [3.63, 3.8) is 0 Å². The molecule has 1 amide bonds. The molecule has 0 atom stereocenters. The van der Waals surface area contributed by atoms with Crippen LogP contribution in [0.15, 0.2) is 65.6 Å². The summed E-state index contributed by atoms with van der Waals surface area (Å²) in [5, 5.41) is 7.66. The van der Waals surface area contributed by atoms with Gasteiger partial charge in [0.1, 0.15) is 11.2 Å². The first-order chi connectivity index (χ1) is 16.2. The molecule has 0 unspecified atom stereocenters. The molecule has 1 saturated heterocycles. The van der Waals surface area contributed by atoms with Crippen LogP contribution in [-0.4, -0.2) is 38.7 Å². The van der Waals surface area contributed by atoms with Crippen LogP contribution >= 0.6 is 0 Å². The van der Waals surface area contributed by atoms with E-state index in [0.29, 0.717) is 23.3 Å². The molecule has 2 aromatic heterocycles. The van der Waals surface area contributed by atoms with Crippen LogP contribution in [0.3, 0.4) is 0 Å². The maximum atomic E-state index is 12.5. The summed E-state index contributed by atoms with van der Waals surface area (Å²) in [6, 6.07) is 17.5. The van der Waals surface area contributed by atoms with E-state index in [2.05, 4.69) is 37.4 Å². The minimum absolute atomic E-state index is 0.125. The number of carbonyl (C=O) groups excluding carboxylic acids is 1. The Balaban J connectivity index is 1.25. The first kappa shape index (κ1) is 20.9. The summed E-state index contributed by atoms with van der Waals surface area (Å²) in [5.74, 6) is 0.334. The third-order valence-electron chi connectivity index (χ3n) is 5.95. The van der Waals surface area contributed by atoms with E-state index >= 15 is 0 Å². The summed E-state index contributed by atoms with van der Waals surface area (Å²) in [4.78, 5) is 34.7. The van der Waals surface area contributed by atoms with Crippen molar-refractivity contribution in [2.75, 3.05) is 23.3 Å². The van der Waals surface area contributed by atoms with E-state index in [1.807, 2.05) is 42.5 Å². The van der Waals surface area contributed by atoms with Gasteiger partial charge in [-0.2, -0.15) is 5.10 Å². The van der Waals surface area contributed by atoms with E-state index in [0.717, 1.165) is 24.5 Å². The molecular formula is C25H26N6O2. The van der Waals surface area contributed by atoms with Gasteiger partial charge in [-0.25, -0.2) is 9.67 Å². The van der Waals surface area contributed by atoms with Crippen LogP contribution < -0.4 is 15.8 Å². The molecule has 8 heteroatoms. The number of carbonyl (C=O) groups is 1. The number of benzene rings is 2. The second-order valence-electron chi connectivity index (χ2n) is 8.28. The van der Waals surface area contributed by atoms with E-state index in [1.54, 1.807) is 4.68 Å². The summed E-state index contributed by atoms with van der Waals surface area (Å²) in [6.07, 6.45) is 5.80. The number of amides is 1. The third-order valence-corrected chi connectivity index (χ3v) is 5.95. The van der Waals surface area contributed by atoms with Gasteiger partial charge >= 0.3 is 0 Å². The number of H-pyrrole nitrogens is 1. The number of para-hydroxylation sites is 1. The molecule has 4 aromatic rings. The number of aryl methyl sites for hydroxylation is 1. The van der Waals surface area contributed by atoms with Gasteiger partial charge in [-0.15, -0.1) is 0 Å². The lowest BCUT2D eigenvalue weighted by Gasteiger charge is -2.28. The molecular weight excluding hydrogens is 416 g/mol. The number of nitrogens with one attached hydrogen (secondary N) is 2. The number of piperidine rings is 1. The lowest BCUT2D eigenvalue weighted by Crippen LogP contribution is -2.29. The van der Waals surface area contributed by atoms with Gasteiger partial charge in [0.05, 0.1) is 11.9 Å². The number of aromatic amines is 1. The molecule has 1 fully saturated rings. The highest BCUT2D eigenvalue weighted by molar-refractivity contribution is 5.91. The predicted molar refractivity (Wildman–Crippen MR) is 129 cm³/mol. The molecule has 0 aliphatic carbocycles. The lowest BCUT2D eigenvalue weighted by atomic mass is 10.1. The topological polar surface area (TPSA) is 95.9 Å². The summed E-state index contributed by atoms with van der Waals surface area (Å²) in [6.45, 7) is 2.18. The monoisotopic (exact) mass is 442 g/mol. The number of rotatable bonds is 6. The maximum Gasteiger partial charge on any atom is 0.262 e. The number of hydrogen-bond donors (Lipinski definition) is 2. The molecule has 0 saturated carbocycles. The summed E-state index contributed by atoms with van der Waals surface area (Å²) < 4.78 is 1.64. The Morgan fingerprint density at radius 2 is 1.73 bits per heavy atom. The van der Waals surface area contributed by atoms with Gasteiger partial charge in [0.25, 0.3) is 5.56 Å². The Hall–Kier alpha value is -3.94. The van der Waals surface area contributed by atoms with Crippen LogP contribution in [0, 0.1) is 0 Å². The van der Waals surface area contributed by atoms with E-state index < -0.39 is 0 Å². The van der Waals surface area contributed by atoms with Crippen LogP contribution in [-0.2, 0) is 11.2 Å². The molecule has 0 bridgehead atoms. The fourth-order valence-corrected chi connectivity index (χ4v) is 4.20. The molecule has 0 spiro atoms. The van der Waals surface area contributed by atoms with Crippen molar-refractivity contribution in [3.05, 3.63) is 77.0 Å². The highest BCUT2D eigenvalue weighted by Crippen LogP contribution is 2.22. The van der Waals surface area contributed by atoms with E-state index in [4.69, 9.17) is 0 Å². The molecule has 33 heavy (non-hydrogen) atoms. The molecule has 3 heterocycles. The first-order valence-corrected chi connectivity index (χ1v) is 11.3. The van der Waals surface area contributed by atoms with Crippen molar-refractivity contribution in [1.82, 2.24) is 19.7 Å². The highest BCUT2D eigenvalue weighted by atomic mass is 16.1. The van der Waals surface area contributed by atoms with Gasteiger partial charge in [0.15, 0.2) is 5.65 Å². The number of aromatic nitrogens is 4. The Labute approximate surface area is 191 Å². The van der Waals surface area contributed by atoms with Gasteiger partial charge in [-0.1, -0.05) is 18.2 Å². The zero-order valence-corrected chi connectivity index (χ0v) is 18.3. The van der Waals surface area contributed by atoms with E-state index in [-0.39, 0.29) is 17.9 Å². The SMILES string of the molecule is O=C(CCc1nc2c(cnn2-c2ccccc2)c(=O)[nH]1)Nc1ccc(N2CCCCC2)cc1. The second kappa shape index (κ2) is 9.28. The Bertz CT molecular complexity index is 1300. The molecule has 2 aromatic carbocycles. The van der Waals surface area contributed by atoms with E-state index in [1.165, 1.54) is 31.1 Å². The van der Waals surface area contributed by atoms with Crippen LogP contribution in [0.25, 0.3) is 16.7 Å². The van der Waals surface area contributed by atoms with Crippen LogP contribution in [0.5, 0.6) is 0 Å². The van der Waals surface area contributed by atoms with Crippen molar-refractivity contribution in [3.8, 4) is 5.69 Å². The molecule has 1 aliphatic heterocycles. The quantitative estimate of drug-likeness (QED) is 0.475. The van der Waals surface area contributed by atoms with Crippen LogP contribution in [0.2, 0.25) is 0 Å². The van der Waals surface area contributed by atoms with Crippen LogP contribution in [0.1, 0.15) is 31.5 Å². The van der Waals surface area contributed by atoms with Crippen molar-refractivity contribution in [2.24, 2.45) is 0 Å². The summed E-state index contributed by atoms with van der Waals surface area (Å²) >= 11 is 0. The molecule has 5 rings (SSSR count). The lowest BCUT2D eigenvalue weighted by molar-refractivity contribution is -0.116. The Morgan fingerprint density at radius 3 is 2.48 bits per heavy atom. The van der Waals surface area contributed by atoms with Gasteiger partial charge < -0.3 is 15.2 Å². The number of hydrogen-bond acceptors (Lipinski definition) is 5. The standard InChI is InChI=1S/C25H26N6O2/c32-23(27-18-9-11-19(12-10-18)30-15-5-2-6-16-30)14-13-22-28-24-21(25(33)29-22)17-26-31(24)20-7-3-1-4-8-20/h1,3-4,7-12,17H,2,5-6,13-16H2,(H,27,32)(H,28,29,33).